The summed E-state index contributed by atoms with van der Waals surface area (Å²) in [7, 11) is 0. The van der Waals surface area contributed by atoms with Crippen molar-refractivity contribution in [1.29, 1.82) is 0 Å². The number of thiophene rings is 1. The van der Waals surface area contributed by atoms with Gasteiger partial charge in [-0.25, -0.2) is 0 Å². The van der Waals surface area contributed by atoms with Crippen molar-refractivity contribution in [1.82, 2.24) is 9.88 Å². The first-order valence-electron chi connectivity index (χ1n) is 7.44. The van der Waals surface area contributed by atoms with Gasteiger partial charge in [-0.2, -0.15) is 0 Å². The second kappa shape index (κ2) is 5.46. The third-order valence-corrected chi connectivity index (χ3v) is 4.80. The van der Waals surface area contributed by atoms with Gasteiger partial charge in [-0.3, -0.25) is 4.79 Å². The zero-order valence-electron chi connectivity index (χ0n) is 12.0. The van der Waals surface area contributed by atoms with Gasteiger partial charge in [0.25, 0.3) is 5.91 Å². The summed E-state index contributed by atoms with van der Waals surface area (Å²) in [5.41, 5.74) is 3.20. The van der Waals surface area contributed by atoms with Crippen LogP contribution in [-0.4, -0.2) is 16.5 Å². The van der Waals surface area contributed by atoms with Crippen molar-refractivity contribution in [2.75, 3.05) is 0 Å². The molecule has 1 fully saturated rings. The minimum atomic E-state index is 0.0402. The van der Waals surface area contributed by atoms with Gasteiger partial charge >= 0.3 is 0 Å². The molecule has 1 aliphatic rings. The lowest BCUT2D eigenvalue weighted by molar-refractivity contribution is 0.0955. The molecule has 1 amide bonds. The van der Waals surface area contributed by atoms with Gasteiger partial charge in [0.15, 0.2) is 0 Å². The van der Waals surface area contributed by atoms with E-state index in [-0.39, 0.29) is 5.91 Å². The lowest BCUT2D eigenvalue weighted by Gasteiger charge is -2.09. The van der Waals surface area contributed by atoms with Crippen molar-refractivity contribution in [3.63, 3.8) is 0 Å². The number of aromatic nitrogens is 1. The molecule has 110 valence electrons. The van der Waals surface area contributed by atoms with Crippen molar-refractivity contribution in [3.8, 4) is 16.8 Å². The number of nitrogens with one attached hydrogen (secondary N) is 1. The van der Waals surface area contributed by atoms with E-state index in [1.807, 2.05) is 47.3 Å². The lowest BCUT2D eigenvalue weighted by Crippen LogP contribution is -2.25. The average Bonchev–Trinajstić information content (AvgIpc) is 3.06. The first kappa shape index (κ1) is 13.3. The summed E-state index contributed by atoms with van der Waals surface area (Å²) < 4.78 is 2.03. The summed E-state index contributed by atoms with van der Waals surface area (Å²) in [6.07, 6.45) is 6.17. The maximum absolute atomic E-state index is 12.5. The first-order valence-corrected chi connectivity index (χ1v) is 8.32. The van der Waals surface area contributed by atoms with Gasteiger partial charge in [0.05, 0.1) is 5.69 Å². The van der Waals surface area contributed by atoms with E-state index in [2.05, 4.69) is 22.8 Å². The maximum Gasteiger partial charge on any atom is 0.263 e. The zero-order valence-corrected chi connectivity index (χ0v) is 12.8. The van der Waals surface area contributed by atoms with Gasteiger partial charge in [0.2, 0.25) is 0 Å². The highest BCUT2D eigenvalue weighted by atomic mass is 32.1. The molecule has 1 N–H and O–H groups in total. The zero-order chi connectivity index (χ0) is 14.9. The van der Waals surface area contributed by atoms with Crippen LogP contribution in [0.2, 0.25) is 0 Å². The van der Waals surface area contributed by atoms with Crippen LogP contribution in [0.4, 0.5) is 0 Å². The monoisotopic (exact) mass is 308 g/mol. The van der Waals surface area contributed by atoms with E-state index in [0.717, 1.165) is 34.5 Å². The quantitative estimate of drug-likeness (QED) is 0.773. The number of carbonyl (C=O) groups excluding carboxylic acids is 1. The third-order valence-electron chi connectivity index (χ3n) is 3.83. The van der Waals surface area contributed by atoms with Crippen LogP contribution < -0.4 is 5.32 Å². The molecule has 1 saturated carbocycles. The Balaban J connectivity index is 1.82. The number of nitrogens with zero attached hydrogens (tertiary/aromatic N) is 1. The molecule has 3 nitrogen and oxygen atoms in total. The Hall–Kier alpha value is -2.33. The molecule has 4 heteroatoms. The lowest BCUT2D eigenvalue weighted by atomic mass is 10.1. The normalized spacial score (nSPS) is 14.0. The second-order valence-electron chi connectivity index (χ2n) is 5.53. The highest BCUT2D eigenvalue weighted by molar-refractivity contribution is 7.13. The molecule has 22 heavy (non-hydrogen) atoms. The summed E-state index contributed by atoms with van der Waals surface area (Å²) in [5.74, 6) is 0.0402. The van der Waals surface area contributed by atoms with Crippen molar-refractivity contribution in [3.05, 3.63) is 65.1 Å². The fourth-order valence-electron chi connectivity index (χ4n) is 2.55. The fraction of sp³-hybridized carbons (Fsp3) is 0.167. The number of carbonyl (C=O) groups is 1. The number of rotatable bonds is 4. The highest BCUT2D eigenvalue weighted by Crippen LogP contribution is 2.35. The van der Waals surface area contributed by atoms with Crippen molar-refractivity contribution in [2.45, 2.75) is 18.9 Å². The molecule has 0 saturated heterocycles. The molecule has 0 unspecified atom stereocenters. The Morgan fingerprint density at radius 3 is 2.50 bits per heavy atom. The molecule has 3 aromatic rings. The van der Waals surface area contributed by atoms with Crippen LogP contribution in [0.3, 0.4) is 0 Å². The minimum absolute atomic E-state index is 0.0402. The summed E-state index contributed by atoms with van der Waals surface area (Å²) in [6.45, 7) is 0. The van der Waals surface area contributed by atoms with Crippen molar-refractivity contribution in [2.24, 2.45) is 0 Å². The van der Waals surface area contributed by atoms with E-state index in [1.54, 1.807) is 0 Å². The van der Waals surface area contributed by atoms with Crippen molar-refractivity contribution >= 4 is 17.2 Å². The average molecular weight is 308 g/mol. The SMILES string of the molecule is O=C(NC1CC1)c1scc(-c2ccccc2)c1-n1cccc1. The van der Waals surface area contributed by atoms with E-state index >= 15 is 0 Å². The predicted octanol–water partition coefficient (Wildman–Crippen LogP) is 4.10. The van der Waals surface area contributed by atoms with E-state index in [0.29, 0.717) is 6.04 Å². The molecule has 4 rings (SSSR count). The molecule has 0 atom stereocenters. The van der Waals surface area contributed by atoms with E-state index in [9.17, 15) is 4.79 Å². The summed E-state index contributed by atoms with van der Waals surface area (Å²) in [5, 5.41) is 5.17. The van der Waals surface area contributed by atoms with E-state index in [4.69, 9.17) is 0 Å². The first-order chi connectivity index (χ1) is 10.8. The van der Waals surface area contributed by atoms with Crippen LogP contribution in [0.5, 0.6) is 0 Å². The summed E-state index contributed by atoms with van der Waals surface area (Å²) in [4.78, 5) is 13.3. The van der Waals surface area contributed by atoms with Crippen LogP contribution in [0, 0.1) is 0 Å². The second-order valence-corrected chi connectivity index (χ2v) is 6.41. The molecule has 0 aliphatic heterocycles. The van der Waals surface area contributed by atoms with E-state index in [1.165, 1.54) is 11.3 Å². The Labute approximate surface area is 133 Å². The van der Waals surface area contributed by atoms with Crippen LogP contribution in [0.25, 0.3) is 16.8 Å². The number of hydrogen-bond acceptors (Lipinski definition) is 2. The molecule has 1 aromatic carbocycles. The Bertz CT molecular complexity index is 786. The van der Waals surface area contributed by atoms with Crippen molar-refractivity contribution < 1.29 is 4.79 Å². The van der Waals surface area contributed by atoms with Gasteiger partial charge in [0, 0.05) is 29.4 Å². The molecule has 2 aromatic heterocycles. The smallest absolute Gasteiger partial charge is 0.263 e. The number of amides is 1. The Kier molecular flexibility index (Phi) is 3.31. The van der Waals surface area contributed by atoms with Crippen LogP contribution >= 0.6 is 11.3 Å². The topological polar surface area (TPSA) is 34.0 Å². The fourth-order valence-corrected chi connectivity index (χ4v) is 3.53. The molecule has 2 heterocycles. The van der Waals surface area contributed by atoms with Gasteiger partial charge in [-0.05, 0) is 30.5 Å². The molecule has 0 spiro atoms. The minimum Gasteiger partial charge on any atom is -0.349 e. The summed E-state index contributed by atoms with van der Waals surface area (Å²) >= 11 is 1.51. The van der Waals surface area contributed by atoms with Gasteiger partial charge in [0.1, 0.15) is 4.88 Å². The molecular weight excluding hydrogens is 292 g/mol. The molecule has 0 radical (unpaired) electrons. The van der Waals surface area contributed by atoms with Crippen LogP contribution in [0.1, 0.15) is 22.5 Å². The van der Waals surface area contributed by atoms with Gasteiger partial charge < -0.3 is 9.88 Å². The number of benzene rings is 1. The molecule has 0 bridgehead atoms. The van der Waals surface area contributed by atoms with Gasteiger partial charge in [-0.1, -0.05) is 30.3 Å². The van der Waals surface area contributed by atoms with E-state index < -0.39 is 0 Å². The van der Waals surface area contributed by atoms with Crippen LogP contribution in [0.15, 0.2) is 60.2 Å². The molecule has 1 aliphatic carbocycles. The Morgan fingerprint density at radius 1 is 1.09 bits per heavy atom. The van der Waals surface area contributed by atoms with Crippen LogP contribution in [-0.2, 0) is 0 Å². The largest absolute Gasteiger partial charge is 0.349 e. The number of hydrogen-bond donors (Lipinski definition) is 1. The Morgan fingerprint density at radius 2 is 1.82 bits per heavy atom. The maximum atomic E-state index is 12.5. The molecular formula is C18H16N2OS. The van der Waals surface area contributed by atoms with Gasteiger partial charge in [-0.15, -0.1) is 11.3 Å². The predicted molar refractivity (Wildman–Crippen MR) is 89.6 cm³/mol. The third kappa shape index (κ3) is 2.46. The standard InChI is InChI=1S/C18H16N2OS/c21-18(19-14-8-9-14)17-16(20-10-4-5-11-20)15(12-22-17)13-6-2-1-3-7-13/h1-7,10-12,14H,8-9H2,(H,19,21). The highest BCUT2D eigenvalue weighted by Gasteiger charge is 2.27. The summed E-state index contributed by atoms with van der Waals surface area (Å²) in [6, 6.07) is 14.5.